The number of hydrogen-bond donors (Lipinski definition) is 1. The van der Waals surface area contributed by atoms with E-state index in [0.717, 1.165) is 19.0 Å². The maximum absolute atomic E-state index is 13.5. The topological polar surface area (TPSA) is 84.4 Å². The summed E-state index contributed by atoms with van der Waals surface area (Å²) in [7, 11) is 1.33. The Balaban J connectivity index is 1.61. The van der Waals surface area contributed by atoms with Crippen molar-refractivity contribution >= 4 is 11.8 Å². The molecule has 1 aromatic heterocycles. The minimum atomic E-state index is -0.648. The molecule has 2 bridgehead atoms. The van der Waals surface area contributed by atoms with Crippen LogP contribution in [0.1, 0.15) is 23.2 Å². The van der Waals surface area contributed by atoms with E-state index in [4.69, 9.17) is 4.74 Å². The number of benzene rings is 1. The van der Waals surface area contributed by atoms with Crippen LogP contribution in [0.2, 0.25) is 0 Å². The number of amides is 2. The van der Waals surface area contributed by atoms with Crippen LogP contribution in [0, 0.1) is 11.7 Å². The van der Waals surface area contributed by atoms with E-state index in [1.165, 1.54) is 7.11 Å². The Morgan fingerprint density at radius 1 is 1.33 bits per heavy atom. The van der Waals surface area contributed by atoms with Crippen LogP contribution in [0.3, 0.4) is 0 Å². The van der Waals surface area contributed by atoms with Gasteiger partial charge in [0.2, 0.25) is 11.7 Å². The minimum absolute atomic E-state index is 0.00748. The molecule has 5 rings (SSSR count). The van der Waals surface area contributed by atoms with E-state index >= 15 is 0 Å². The van der Waals surface area contributed by atoms with Crippen molar-refractivity contribution in [1.29, 1.82) is 0 Å². The van der Waals surface area contributed by atoms with Crippen LogP contribution in [-0.2, 0) is 4.79 Å². The number of rotatable bonds is 3. The van der Waals surface area contributed by atoms with Crippen LogP contribution in [-0.4, -0.2) is 52.9 Å². The number of hydrogen-bond acceptors (Lipinski definition) is 5. The van der Waals surface area contributed by atoms with Gasteiger partial charge in [-0.25, -0.2) is 4.98 Å². The van der Waals surface area contributed by atoms with Crippen LogP contribution >= 0.6 is 0 Å². The highest BCUT2D eigenvalue weighted by Crippen LogP contribution is 2.25. The van der Waals surface area contributed by atoms with E-state index in [2.05, 4.69) is 15.3 Å². The normalized spacial score (nSPS) is 21.6. The second kappa shape index (κ2) is 6.94. The highest BCUT2D eigenvalue weighted by Gasteiger charge is 2.36. The molecular weight excluding hydrogens is 351 g/mol. The van der Waals surface area contributed by atoms with E-state index in [9.17, 15) is 14.0 Å². The van der Waals surface area contributed by atoms with Crippen molar-refractivity contribution in [3.63, 3.8) is 0 Å². The van der Waals surface area contributed by atoms with Gasteiger partial charge in [0, 0.05) is 30.3 Å². The van der Waals surface area contributed by atoms with Crippen LogP contribution < -0.4 is 10.1 Å². The number of halogens is 1. The van der Waals surface area contributed by atoms with Gasteiger partial charge in [-0.2, -0.15) is 9.37 Å². The Morgan fingerprint density at radius 3 is 2.96 bits per heavy atom. The monoisotopic (exact) mass is 370 g/mol. The van der Waals surface area contributed by atoms with E-state index < -0.39 is 5.82 Å². The third-order valence-electron chi connectivity index (χ3n) is 5.02. The number of ether oxygens (including phenoxy) is 1. The molecule has 0 unspecified atom stereocenters. The molecule has 1 aromatic carbocycles. The lowest BCUT2D eigenvalue weighted by atomic mass is 9.96. The fourth-order valence-electron chi connectivity index (χ4n) is 3.62. The van der Waals surface area contributed by atoms with Crippen molar-refractivity contribution in [3.05, 3.63) is 41.8 Å². The van der Waals surface area contributed by atoms with E-state index in [0.29, 0.717) is 24.2 Å². The molecule has 0 saturated carbocycles. The molecule has 3 fully saturated rings. The third kappa shape index (κ3) is 3.34. The number of carbonyl (C=O) groups is 2. The van der Waals surface area contributed by atoms with Crippen LogP contribution in [0.5, 0.6) is 5.88 Å². The molecule has 0 radical (unpaired) electrons. The Hall–Kier alpha value is -3.03. The highest BCUT2D eigenvalue weighted by molar-refractivity contribution is 5.96. The van der Waals surface area contributed by atoms with Crippen molar-refractivity contribution in [2.24, 2.45) is 5.92 Å². The molecule has 7 nitrogen and oxygen atoms in total. The number of nitrogens with zero attached hydrogens (tertiary/aromatic N) is 3. The quantitative estimate of drug-likeness (QED) is 0.888. The van der Waals surface area contributed by atoms with Crippen molar-refractivity contribution in [3.8, 4) is 17.3 Å². The van der Waals surface area contributed by atoms with Crippen molar-refractivity contribution in [2.75, 3.05) is 20.2 Å². The van der Waals surface area contributed by atoms with Crippen LogP contribution in [0.25, 0.3) is 11.4 Å². The summed E-state index contributed by atoms with van der Waals surface area (Å²) in [5, 5.41) is 2.97. The van der Waals surface area contributed by atoms with Gasteiger partial charge in [-0.15, -0.1) is 0 Å². The fraction of sp³-hybridized carbons (Fsp3) is 0.368. The van der Waals surface area contributed by atoms with Gasteiger partial charge in [0.25, 0.3) is 11.8 Å². The summed E-state index contributed by atoms with van der Waals surface area (Å²) < 4.78 is 18.4. The molecule has 8 heteroatoms. The summed E-state index contributed by atoms with van der Waals surface area (Å²) >= 11 is 0. The summed E-state index contributed by atoms with van der Waals surface area (Å²) in [6, 6.07) is 6.89. The minimum Gasteiger partial charge on any atom is -0.479 e. The molecule has 3 aliphatic heterocycles. The number of nitrogens with one attached hydrogen (secondary N) is 1. The van der Waals surface area contributed by atoms with Crippen LogP contribution in [0.4, 0.5) is 4.39 Å². The zero-order valence-corrected chi connectivity index (χ0v) is 14.8. The standard InChI is InChI=1S/C19H19FN4O3/c1-27-18-15(20)8-21-16(23-18)11-3-2-4-12(7-11)19(26)24-9-13-5-6-14(10-24)22-17(13)25/h2-4,7-8,13-14H,5-6,9-10H2,1H3,(H,22,25)/t13-,14+/m1/s1. The second-order valence-corrected chi connectivity index (χ2v) is 6.82. The average Bonchev–Trinajstić information content (AvgIpc) is 2.99. The maximum Gasteiger partial charge on any atom is 0.253 e. The van der Waals surface area contributed by atoms with E-state index in [1.54, 1.807) is 29.2 Å². The lowest BCUT2D eigenvalue weighted by Gasteiger charge is -2.23. The van der Waals surface area contributed by atoms with Gasteiger partial charge < -0.3 is 15.0 Å². The van der Waals surface area contributed by atoms with Gasteiger partial charge in [0.05, 0.1) is 19.2 Å². The first-order valence-corrected chi connectivity index (χ1v) is 8.82. The Kier molecular flexibility index (Phi) is 4.47. The van der Waals surface area contributed by atoms with Gasteiger partial charge in [0.15, 0.2) is 5.82 Å². The number of carbonyl (C=O) groups excluding carboxylic acids is 2. The fourth-order valence-corrected chi connectivity index (χ4v) is 3.62. The molecule has 4 heterocycles. The van der Waals surface area contributed by atoms with E-state index in [1.807, 2.05) is 0 Å². The SMILES string of the molecule is COc1nc(-c2cccc(C(=O)N3C[C@@H]4CC[C@H](C3)C(=O)N4)c2)ncc1F. The molecule has 2 amide bonds. The maximum atomic E-state index is 13.5. The molecule has 0 spiro atoms. The number of aromatic nitrogens is 2. The van der Waals surface area contributed by atoms with Crippen LogP contribution in [0.15, 0.2) is 30.5 Å². The molecule has 3 saturated heterocycles. The van der Waals surface area contributed by atoms with Crippen molar-refractivity contribution in [1.82, 2.24) is 20.2 Å². The Bertz CT molecular complexity index is 904. The molecular formula is C19H19FN4O3. The molecule has 1 N–H and O–H groups in total. The first-order valence-electron chi connectivity index (χ1n) is 8.82. The first kappa shape index (κ1) is 17.4. The van der Waals surface area contributed by atoms with E-state index in [-0.39, 0.29) is 35.5 Å². The average molecular weight is 370 g/mol. The summed E-state index contributed by atoms with van der Waals surface area (Å²) in [6.07, 6.45) is 2.74. The van der Waals surface area contributed by atoms with Gasteiger partial charge in [-0.1, -0.05) is 12.1 Å². The molecule has 2 aromatic rings. The summed E-state index contributed by atoms with van der Waals surface area (Å²) in [6.45, 7) is 0.929. The number of fused-ring (bicyclic) bond motifs is 4. The van der Waals surface area contributed by atoms with Gasteiger partial charge in [-0.3, -0.25) is 9.59 Å². The molecule has 0 aliphatic carbocycles. The number of methoxy groups -OCH3 is 1. The summed E-state index contributed by atoms with van der Waals surface area (Å²) in [4.78, 5) is 34.8. The molecule has 2 atom stereocenters. The first-order chi connectivity index (χ1) is 13.0. The zero-order valence-electron chi connectivity index (χ0n) is 14.8. The highest BCUT2D eigenvalue weighted by atomic mass is 19.1. The van der Waals surface area contributed by atoms with Gasteiger partial charge in [0.1, 0.15) is 0 Å². The molecule has 3 aliphatic rings. The summed E-state index contributed by atoms with van der Waals surface area (Å²) in [5.74, 6) is -0.784. The van der Waals surface area contributed by atoms with Crippen molar-refractivity contribution < 1.29 is 18.7 Å². The Labute approximate surface area is 155 Å². The third-order valence-corrected chi connectivity index (χ3v) is 5.02. The van der Waals surface area contributed by atoms with Gasteiger partial charge in [-0.05, 0) is 25.0 Å². The largest absolute Gasteiger partial charge is 0.479 e. The smallest absolute Gasteiger partial charge is 0.253 e. The molecule has 27 heavy (non-hydrogen) atoms. The molecule has 140 valence electrons. The number of piperidine rings is 1. The zero-order chi connectivity index (χ0) is 19.0. The summed E-state index contributed by atoms with van der Waals surface area (Å²) in [5.41, 5.74) is 1.07. The predicted octanol–water partition coefficient (Wildman–Crippen LogP) is 1.64. The second-order valence-electron chi connectivity index (χ2n) is 6.82. The predicted molar refractivity (Wildman–Crippen MR) is 94.5 cm³/mol. The van der Waals surface area contributed by atoms with Crippen molar-refractivity contribution in [2.45, 2.75) is 18.9 Å². The Morgan fingerprint density at radius 2 is 2.19 bits per heavy atom. The van der Waals surface area contributed by atoms with Gasteiger partial charge >= 0.3 is 0 Å². The lowest BCUT2D eigenvalue weighted by Crippen LogP contribution is -2.43. The lowest BCUT2D eigenvalue weighted by molar-refractivity contribution is -0.126.